The molecule has 0 aliphatic carbocycles. The summed E-state index contributed by atoms with van der Waals surface area (Å²) >= 11 is 3.47. The van der Waals surface area contributed by atoms with Crippen LogP contribution in [0.1, 0.15) is 26.3 Å². The van der Waals surface area contributed by atoms with Crippen molar-refractivity contribution in [2.24, 2.45) is 5.41 Å². The van der Waals surface area contributed by atoms with Gasteiger partial charge in [0.2, 0.25) is 0 Å². The molecule has 20 heavy (non-hydrogen) atoms. The molecule has 0 spiro atoms. The summed E-state index contributed by atoms with van der Waals surface area (Å²) in [5.41, 5.74) is 1.49. The number of benzene rings is 1. The molecule has 3 nitrogen and oxygen atoms in total. The first-order valence-corrected chi connectivity index (χ1v) is 7.68. The van der Waals surface area contributed by atoms with Crippen LogP contribution in [0.2, 0.25) is 0 Å². The van der Waals surface area contributed by atoms with Gasteiger partial charge in [0.25, 0.3) is 0 Å². The second-order valence-electron chi connectivity index (χ2n) is 6.19. The fourth-order valence-corrected chi connectivity index (χ4v) is 2.36. The van der Waals surface area contributed by atoms with Gasteiger partial charge in [-0.3, -0.25) is 0 Å². The summed E-state index contributed by atoms with van der Waals surface area (Å²) < 4.78 is 3.25. The normalized spacial score (nSPS) is 13.4. The number of hydrogen-bond acceptors (Lipinski definition) is 2. The highest BCUT2D eigenvalue weighted by molar-refractivity contribution is 9.10. The van der Waals surface area contributed by atoms with E-state index >= 15 is 0 Å². The highest BCUT2D eigenvalue weighted by Gasteiger charge is 2.24. The van der Waals surface area contributed by atoms with E-state index in [1.54, 1.807) is 0 Å². The molecule has 1 unspecified atom stereocenters. The fraction of sp³-hybridized carbons (Fsp3) is 0.438. The minimum Gasteiger partial charge on any atom is -0.336 e. The van der Waals surface area contributed by atoms with Gasteiger partial charge in [-0.1, -0.05) is 48.8 Å². The molecule has 0 fully saturated rings. The zero-order chi connectivity index (χ0) is 14.6. The molecule has 1 heterocycles. The van der Waals surface area contributed by atoms with Crippen molar-refractivity contribution < 1.29 is 0 Å². The Kier molecular flexibility index (Phi) is 5.00. The van der Waals surface area contributed by atoms with Crippen molar-refractivity contribution in [1.82, 2.24) is 14.9 Å². The molecular weight excluding hydrogens is 314 g/mol. The number of hydrogen-bond donors (Lipinski definition) is 1. The largest absolute Gasteiger partial charge is 0.336 e. The number of imidazole rings is 1. The van der Waals surface area contributed by atoms with E-state index in [1.807, 2.05) is 18.7 Å². The monoisotopic (exact) mass is 335 g/mol. The van der Waals surface area contributed by atoms with Gasteiger partial charge in [-0.15, -0.1) is 0 Å². The summed E-state index contributed by atoms with van der Waals surface area (Å²) in [5, 5.41) is 3.67. The summed E-state index contributed by atoms with van der Waals surface area (Å²) in [6, 6.07) is 8.85. The lowest BCUT2D eigenvalue weighted by atomic mass is 9.86. The van der Waals surface area contributed by atoms with Crippen molar-refractivity contribution >= 4 is 15.9 Å². The van der Waals surface area contributed by atoms with Gasteiger partial charge >= 0.3 is 0 Å². The molecule has 0 aliphatic heterocycles. The van der Waals surface area contributed by atoms with E-state index < -0.39 is 0 Å². The molecule has 2 rings (SSSR count). The van der Waals surface area contributed by atoms with Gasteiger partial charge in [-0.2, -0.15) is 0 Å². The Morgan fingerprint density at radius 3 is 2.50 bits per heavy atom. The maximum Gasteiger partial charge on any atom is 0.0946 e. The van der Waals surface area contributed by atoms with Gasteiger partial charge in [0.05, 0.1) is 6.33 Å². The average molecular weight is 336 g/mol. The number of nitrogens with zero attached hydrogens (tertiary/aromatic N) is 2. The average Bonchev–Trinajstić information content (AvgIpc) is 2.88. The standard InChI is InChI=1S/C16H22BrN3/c1-16(2,3)15(11-20-9-8-18-12-20)19-10-13-4-6-14(17)7-5-13/h4-9,12,15,19H,10-11H2,1-3H3. The van der Waals surface area contributed by atoms with E-state index in [-0.39, 0.29) is 5.41 Å². The fourth-order valence-electron chi connectivity index (χ4n) is 2.09. The van der Waals surface area contributed by atoms with Crippen molar-refractivity contribution in [2.75, 3.05) is 0 Å². The third-order valence-electron chi connectivity index (χ3n) is 3.46. The van der Waals surface area contributed by atoms with Crippen LogP contribution in [0.15, 0.2) is 47.5 Å². The Morgan fingerprint density at radius 1 is 1.25 bits per heavy atom. The molecule has 1 atom stereocenters. The predicted molar refractivity (Wildman–Crippen MR) is 86.5 cm³/mol. The Hall–Kier alpha value is -1.13. The third kappa shape index (κ3) is 4.46. The van der Waals surface area contributed by atoms with Crippen LogP contribution in [-0.4, -0.2) is 15.6 Å². The van der Waals surface area contributed by atoms with E-state index in [0.29, 0.717) is 6.04 Å². The predicted octanol–water partition coefficient (Wildman–Crippen LogP) is 3.85. The molecule has 1 N–H and O–H groups in total. The smallest absolute Gasteiger partial charge is 0.0946 e. The van der Waals surface area contributed by atoms with Crippen molar-refractivity contribution in [3.8, 4) is 0 Å². The van der Waals surface area contributed by atoms with Crippen LogP contribution >= 0.6 is 15.9 Å². The summed E-state index contributed by atoms with van der Waals surface area (Å²) in [5.74, 6) is 0. The molecule has 0 aliphatic rings. The third-order valence-corrected chi connectivity index (χ3v) is 3.99. The van der Waals surface area contributed by atoms with Crippen molar-refractivity contribution in [3.05, 3.63) is 53.0 Å². The molecule has 1 aromatic heterocycles. The molecule has 4 heteroatoms. The molecule has 0 amide bonds. The van der Waals surface area contributed by atoms with E-state index in [0.717, 1.165) is 17.6 Å². The highest BCUT2D eigenvalue weighted by Crippen LogP contribution is 2.21. The van der Waals surface area contributed by atoms with E-state index in [4.69, 9.17) is 0 Å². The molecule has 0 bridgehead atoms. The van der Waals surface area contributed by atoms with Gasteiger partial charge in [-0.25, -0.2) is 4.98 Å². The molecule has 0 saturated carbocycles. The minimum absolute atomic E-state index is 0.194. The van der Waals surface area contributed by atoms with Gasteiger partial charge in [0, 0.05) is 36.0 Å². The van der Waals surface area contributed by atoms with Gasteiger partial charge < -0.3 is 9.88 Å². The molecule has 108 valence electrons. The van der Waals surface area contributed by atoms with Crippen LogP contribution in [0, 0.1) is 5.41 Å². The summed E-state index contributed by atoms with van der Waals surface area (Å²) in [4.78, 5) is 4.12. The highest BCUT2D eigenvalue weighted by atomic mass is 79.9. The van der Waals surface area contributed by atoms with Gasteiger partial charge in [0.1, 0.15) is 0 Å². The molecular formula is C16H22BrN3. The maximum atomic E-state index is 4.12. The summed E-state index contributed by atoms with van der Waals surface area (Å²) in [7, 11) is 0. The van der Waals surface area contributed by atoms with Crippen LogP contribution in [0.3, 0.4) is 0 Å². The van der Waals surface area contributed by atoms with Crippen molar-refractivity contribution in [2.45, 2.75) is 39.9 Å². The van der Waals surface area contributed by atoms with Crippen LogP contribution in [-0.2, 0) is 13.1 Å². The van der Waals surface area contributed by atoms with Crippen LogP contribution in [0.5, 0.6) is 0 Å². The van der Waals surface area contributed by atoms with Crippen molar-refractivity contribution in [3.63, 3.8) is 0 Å². The molecule has 2 aromatic rings. The topological polar surface area (TPSA) is 29.9 Å². The molecule has 0 saturated heterocycles. The lowest BCUT2D eigenvalue weighted by Crippen LogP contribution is -2.42. The Labute approximate surface area is 129 Å². The van der Waals surface area contributed by atoms with Crippen LogP contribution in [0.25, 0.3) is 0 Å². The minimum atomic E-state index is 0.194. The summed E-state index contributed by atoms with van der Waals surface area (Å²) in [6.07, 6.45) is 5.72. The maximum absolute atomic E-state index is 4.12. The first-order valence-electron chi connectivity index (χ1n) is 6.89. The lowest BCUT2D eigenvalue weighted by molar-refractivity contribution is 0.240. The summed E-state index contributed by atoms with van der Waals surface area (Å²) in [6.45, 7) is 8.61. The SMILES string of the molecule is CC(C)(C)C(Cn1ccnc1)NCc1ccc(Br)cc1. The molecule has 1 aromatic carbocycles. The lowest BCUT2D eigenvalue weighted by Gasteiger charge is -2.32. The second-order valence-corrected chi connectivity index (χ2v) is 7.10. The Morgan fingerprint density at radius 2 is 1.95 bits per heavy atom. The zero-order valence-corrected chi connectivity index (χ0v) is 13.9. The van der Waals surface area contributed by atoms with E-state index in [9.17, 15) is 0 Å². The number of aromatic nitrogens is 2. The van der Waals surface area contributed by atoms with Gasteiger partial charge in [-0.05, 0) is 23.1 Å². The quantitative estimate of drug-likeness (QED) is 0.899. The Bertz CT molecular complexity index is 512. The number of nitrogens with one attached hydrogen (secondary N) is 1. The van der Waals surface area contributed by atoms with Crippen molar-refractivity contribution in [1.29, 1.82) is 0 Å². The molecule has 0 radical (unpaired) electrons. The zero-order valence-electron chi connectivity index (χ0n) is 12.3. The Balaban J connectivity index is 1.99. The van der Waals surface area contributed by atoms with Crippen LogP contribution in [0.4, 0.5) is 0 Å². The number of rotatable bonds is 5. The van der Waals surface area contributed by atoms with Gasteiger partial charge in [0.15, 0.2) is 0 Å². The van der Waals surface area contributed by atoms with E-state index in [1.165, 1.54) is 5.56 Å². The second kappa shape index (κ2) is 6.55. The van der Waals surface area contributed by atoms with E-state index in [2.05, 4.69) is 75.8 Å². The first kappa shape index (κ1) is 15.3. The first-order chi connectivity index (χ1) is 9.45. The van der Waals surface area contributed by atoms with Crippen LogP contribution < -0.4 is 5.32 Å². The number of halogens is 1.